The molecule has 0 saturated heterocycles. The largest absolute Gasteiger partial charge is 0.329 e. The Labute approximate surface area is 128 Å². The van der Waals surface area contributed by atoms with E-state index in [-0.39, 0.29) is 6.04 Å². The van der Waals surface area contributed by atoms with Gasteiger partial charge in [-0.3, -0.25) is 9.58 Å². The monoisotopic (exact) mass is 300 g/mol. The molecule has 0 spiro atoms. The molecule has 0 amide bonds. The van der Waals surface area contributed by atoms with Crippen LogP contribution in [0.15, 0.2) is 42.0 Å². The molecule has 1 unspecified atom stereocenters. The quantitative estimate of drug-likeness (QED) is 0.788. The van der Waals surface area contributed by atoms with Crippen molar-refractivity contribution >= 4 is 21.4 Å². The van der Waals surface area contributed by atoms with E-state index in [0.717, 1.165) is 6.54 Å². The Hall–Kier alpha value is -1.69. The van der Waals surface area contributed by atoms with Gasteiger partial charge in [0.05, 0.1) is 6.20 Å². The number of aryl methyl sites for hydroxylation is 1. The van der Waals surface area contributed by atoms with Crippen LogP contribution in [0.5, 0.6) is 0 Å². The highest BCUT2D eigenvalue weighted by Crippen LogP contribution is 2.32. The van der Waals surface area contributed by atoms with Gasteiger partial charge in [-0.25, -0.2) is 0 Å². The molecular weight excluding hydrogens is 280 g/mol. The van der Waals surface area contributed by atoms with Crippen LogP contribution < -0.4 is 5.73 Å². The van der Waals surface area contributed by atoms with E-state index in [1.165, 1.54) is 21.2 Å². The molecule has 5 heteroatoms. The molecule has 4 nitrogen and oxygen atoms in total. The second-order valence-corrected chi connectivity index (χ2v) is 6.29. The highest BCUT2D eigenvalue weighted by Gasteiger charge is 2.19. The predicted octanol–water partition coefficient (Wildman–Crippen LogP) is 2.77. The highest BCUT2D eigenvalue weighted by molar-refractivity contribution is 7.17. The third kappa shape index (κ3) is 2.85. The Morgan fingerprint density at radius 2 is 2.19 bits per heavy atom. The van der Waals surface area contributed by atoms with Gasteiger partial charge in [0.1, 0.15) is 0 Å². The van der Waals surface area contributed by atoms with E-state index in [2.05, 4.69) is 52.9 Å². The Morgan fingerprint density at radius 3 is 2.90 bits per heavy atom. The van der Waals surface area contributed by atoms with Crippen molar-refractivity contribution in [2.24, 2.45) is 12.8 Å². The molecule has 1 atom stereocenters. The number of hydrogen-bond acceptors (Lipinski definition) is 4. The van der Waals surface area contributed by atoms with E-state index >= 15 is 0 Å². The van der Waals surface area contributed by atoms with E-state index < -0.39 is 0 Å². The van der Waals surface area contributed by atoms with Gasteiger partial charge < -0.3 is 5.73 Å². The number of hydrogen-bond donors (Lipinski definition) is 1. The first-order valence-corrected chi connectivity index (χ1v) is 7.91. The zero-order chi connectivity index (χ0) is 14.8. The summed E-state index contributed by atoms with van der Waals surface area (Å²) in [6.07, 6.45) is 3.96. The molecule has 21 heavy (non-hydrogen) atoms. The first kappa shape index (κ1) is 14.3. The maximum absolute atomic E-state index is 6.06. The molecular formula is C16H20N4S. The molecule has 3 rings (SSSR count). The average molecular weight is 300 g/mol. The molecule has 0 bridgehead atoms. The maximum Gasteiger partial charge on any atom is 0.0534 e. The third-order valence-electron chi connectivity index (χ3n) is 3.82. The molecule has 1 aromatic carbocycles. The van der Waals surface area contributed by atoms with E-state index in [1.807, 2.05) is 17.9 Å². The molecule has 2 N–H and O–H groups in total. The van der Waals surface area contributed by atoms with Crippen LogP contribution >= 0.6 is 11.3 Å². The normalized spacial score (nSPS) is 13.1. The van der Waals surface area contributed by atoms with Gasteiger partial charge in [-0.2, -0.15) is 5.10 Å². The highest BCUT2D eigenvalue weighted by atomic mass is 32.1. The molecule has 0 aliphatic carbocycles. The fourth-order valence-corrected chi connectivity index (χ4v) is 3.76. The first-order chi connectivity index (χ1) is 10.2. The molecule has 0 fully saturated rings. The lowest BCUT2D eigenvalue weighted by Crippen LogP contribution is -2.29. The first-order valence-electron chi connectivity index (χ1n) is 7.03. The van der Waals surface area contributed by atoms with Gasteiger partial charge in [-0.05, 0) is 29.4 Å². The lowest BCUT2D eigenvalue weighted by Gasteiger charge is -2.26. The standard InChI is InChI=1S/C16H20N4S/c1-19(9-12-8-18-20(2)10-12)15(7-17)14-11-21-16-6-4-3-5-13(14)16/h3-6,8,10-11,15H,7,9,17H2,1-2H3. The van der Waals surface area contributed by atoms with E-state index in [9.17, 15) is 0 Å². The fourth-order valence-electron chi connectivity index (χ4n) is 2.75. The predicted molar refractivity (Wildman–Crippen MR) is 88.3 cm³/mol. The number of rotatable bonds is 5. The topological polar surface area (TPSA) is 47.1 Å². The molecule has 110 valence electrons. The van der Waals surface area contributed by atoms with Gasteiger partial charge in [-0.15, -0.1) is 11.3 Å². The summed E-state index contributed by atoms with van der Waals surface area (Å²) >= 11 is 1.79. The van der Waals surface area contributed by atoms with Crippen LogP contribution in [0.4, 0.5) is 0 Å². The second kappa shape index (κ2) is 5.97. The second-order valence-electron chi connectivity index (χ2n) is 5.38. The minimum absolute atomic E-state index is 0.223. The fraction of sp³-hybridized carbons (Fsp3) is 0.312. The number of fused-ring (bicyclic) bond motifs is 1. The zero-order valence-corrected chi connectivity index (χ0v) is 13.2. The van der Waals surface area contributed by atoms with Crippen LogP contribution in [-0.4, -0.2) is 28.3 Å². The molecule has 0 aliphatic heterocycles. The van der Waals surface area contributed by atoms with Crippen LogP contribution in [0.2, 0.25) is 0 Å². The third-order valence-corrected chi connectivity index (χ3v) is 4.80. The van der Waals surface area contributed by atoms with Gasteiger partial charge in [0.15, 0.2) is 0 Å². The summed E-state index contributed by atoms with van der Waals surface area (Å²) in [6, 6.07) is 8.74. The Bertz CT molecular complexity index is 731. The SMILES string of the molecule is CN(Cc1cnn(C)c1)C(CN)c1csc2ccccc12. The number of aromatic nitrogens is 2. The molecule has 0 aliphatic rings. The van der Waals surface area contributed by atoms with Gasteiger partial charge in [0.2, 0.25) is 0 Å². The molecule has 2 aromatic heterocycles. The van der Waals surface area contributed by atoms with Crippen molar-refractivity contribution in [2.75, 3.05) is 13.6 Å². The maximum atomic E-state index is 6.06. The summed E-state index contributed by atoms with van der Waals surface area (Å²) in [5, 5.41) is 7.78. The number of nitrogens with two attached hydrogens (primary N) is 1. The summed E-state index contributed by atoms with van der Waals surface area (Å²) < 4.78 is 3.15. The Kier molecular flexibility index (Phi) is 4.05. The van der Waals surface area contributed by atoms with Crippen molar-refractivity contribution in [3.05, 3.63) is 53.2 Å². The summed E-state index contributed by atoms with van der Waals surface area (Å²) in [5.74, 6) is 0. The van der Waals surface area contributed by atoms with Crippen LogP contribution in [0, 0.1) is 0 Å². The van der Waals surface area contributed by atoms with E-state index in [0.29, 0.717) is 6.54 Å². The number of nitrogens with zero attached hydrogens (tertiary/aromatic N) is 3. The van der Waals surface area contributed by atoms with Gasteiger partial charge in [0.25, 0.3) is 0 Å². The number of thiophene rings is 1. The summed E-state index contributed by atoms with van der Waals surface area (Å²) in [6.45, 7) is 1.46. The molecule has 0 saturated carbocycles. The van der Waals surface area contributed by atoms with Crippen LogP contribution in [0.3, 0.4) is 0 Å². The average Bonchev–Trinajstić information content (AvgIpc) is 3.07. The Morgan fingerprint density at radius 1 is 1.38 bits per heavy atom. The lowest BCUT2D eigenvalue weighted by molar-refractivity contribution is 0.243. The van der Waals surface area contributed by atoms with Crippen molar-refractivity contribution < 1.29 is 0 Å². The van der Waals surface area contributed by atoms with Crippen LogP contribution in [-0.2, 0) is 13.6 Å². The van der Waals surface area contributed by atoms with Gasteiger partial charge in [0, 0.05) is 42.6 Å². The van der Waals surface area contributed by atoms with Crippen molar-refractivity contribution in [2.45, 2.75) is 12.6 Å². The van der Waals surface area contributed by atoms with E-state index in [1.54, 1.807) is 11.3 Å². The van der Waals surface area contributed by atoms with Gasteiger partial charge >= 0.3 is 0 Å². The zero-order valence-electron chi connectivity index (χ0n) is 12.4. The summed E-state index contributed by atoms with van der Waals surface area (Å²) in [5.41, 5.74) is 8.59. The van der Waals surface area contributed by atoms with Gasteiger partial charge in [-0.1, -0.05) is 18.2 Å². The Balaban J connectivity index is 1.87. The van der Waals surface area contributed by atoms with Crippen LogP contribution in [0.1, 0.15) is 17.2 Å². The summed E-state index contributed by atoms with van der Waals surface area (Å²) in [7, 11) is 4.06. The van der Waals surface area contributed by atoms with Crippen molar-refractivity contribution in [3.63, 3.8) is 0 Å². The number of benzene rings is 1. The smallest absolute Gasteiger partial charge is 0.0534 e. The van der Waals surface area contributed by atoms with Crippen molar-refractivity contribution in [1.82, 2.24) is 14.7 Å². The van der Waals surface area contributed by atoms with E-state index in [4.69, 9.17) is 5.73 Å². The molecule has 2 heterocycles. The summed E-state index contributed by atoms with van der Waals surface area (Å²) in [4.78, 5) is 2.30. The minimum atomic E-state index is 0.223. The molecule has 0 radical (unpaired) electrons. The molecule has 3 aromatic rings. The minimum Gasteiger partial charge on any atom is -0.329 e. The van der Waals surface area contributed by atoms with Crippen LogP contribution in [0.25, 0.3) is 10.1 Å². The lowest BCUT2D eigenvalue weighted by atomic mass is 10.0. The van der Waals surface area contributed by atoms with Crippen molar-refractivity contribution in [3.8, 4) is 0 Å². The van der Waals surface area contributed by atoms with Crippen molar-refractivity contribution in [1.29, 1.82) is 0 Å². The number of likely N-dealkylation sites (N-methyl/N-ethyl adjacent to an activating group) is 1.